The number of halogens is 1. The molecule has 16 bridgehead atoms. The smallest absolute Gasteiger partial charge is 0.0464 e. The Morgan fingerprint density at radius 3 is 0.785 bits per heavy atom. The minimum absolute atomic E-state index is 0. The summed E-state index contributed by atoms with van der Waals surface area (Å²) in [5.41, 5.74) is 28.2. The normalized spacial score (nSPS) is 28.7. The Hall–Kier alpha value is -9.04. The van der Waals surface area contributed by atoms with E-state index < -0.39 is 0 Å². The van der Waals surface area contributed by atoms with Crippen molar-refractivity contribution < 1.29 is 0 Å². The molecule has 12 aromatic carbocycles. The van der Waals surface area contributed by atoms with Crippen molar-refractivity contribution in [2.75, 3.05) is 10.2 Å². The minimum Gasteiger partial charge on any atom is -0.356 e. The molecule has 12 aromatic rings. The summed E-state index contributed by atoms with van der Waals surface area (Å²) in [4.78, 5) is 2.53. The van der Waals surface area contributed by atoms with Crippen LogP contribution in [0, 0.1) is 94.7 Å². The van der Waals surface area contributed by atoms with Gasteiger partial charge < -0.3 is 10.2 Å². The average molecular weight is 1630 g/mol. The molecule has 16 aliphatic carbocycles. The Morgan fingerprint density at radius 2 is 0.479 bits per heavy atom. The lowest BCUT2D eigenvalue weighted by atomic mass is 9.50. The first-order chi connectivity index (χ1) is 57.7. The van der Waals surface area contributed by atoms with Crippen LogP contribution in [0.25, 0.3) is 66.8 Å². The summed E-state index contributed by atoms with van der Waals surface area (Å²) in [5.74, 6) is 18.1. The summed E-state index contributed by atoms with van der Waals surface area (Å²) in [6.45, 7) is 4.00. The van der Waals surface area contributed by atoms with Gasteiger partial charge in [0.2, 0.25) is 0 Å². The predicted octanol–water partition coefficient (Wildman–Crippen LogP) is 34.1. The largest absolute Gasteiger partial charge is 0.356 e. The van der Waals surface area contributed by atoms with Crippen LogP contribution in [0.1, 0.15) is 210 Å². The lowest BCUT2D eigenvalue weighted by Gasteiger charge is -2.55. The third-order valence-corrected chi connectivity index (χ3v) is 32.1. The number of rotatable bonds is 15. The van der Waals surface area contributed by atoms with Crippen molar-refractivity contribution in [3.8, 4) is 66.8 Å². The highest BCUT2D eigenvalue weighted by Crippen LogP contribution is 2.65. The van der Waals surface area contributed by atoms with Gasteiger partial charge in [-0.15, -0.1) is 0 Å². The number of nitrogens with one attached hydrogen (secondary N) is 1. The summed E-state index contributed by atoms with van der Waals surface area (Å²) in [6, 6.07) is 112. The zero-order chi connectivity index (χ0) is 78.0. The first kappa shape index (κ1) is 84.2. The fraction of sp³-hybridized carbons (Fsp3) is 0.385. The van der Waals surface area contributed by atoms with Crippen molar-refractivity contribution in [2.45, 2.75) is 188 Å². The standard InChI is InChI=1S/C56H55N.C32H37Cl.C24H19N.C2H6.3CH4.H3P/c1-3-8-40(9-4-1)42-14-18-50(19-15-42)57(51-20-16-43(17-21-51)41-10-5-2-6-11-41)52-22-23-53(54(35-52)56-48-30-38-25-39(32-48)33-49(56)31-38)44-12-7-13-45(34-44)55-46-26-36-24-37(28-46)29-47(55)27-36;33-28-4-5-29(30(17-28)32-26-12-20-7-21(14-26)15-27(32)13-20)22-2-1-3-23(16-22)31-24-8-18-6-19(10-24)11-25(31)9-18;1-3-7-19(8-4-1)21-11-15-23(16-12-21)25-24-17-13-22(14-18-24)20-9-5-2-6-10-20;1-2;;;;/h1-23,34-39,46-49,55-56H,24-33H2;1-5,16-21,24-27,31-32H,6-15H2;1-18,25H;1-2H3;3*1H4;1H3. The van der Waals surface area contributed by atoms with E-state index in [1.54, 1.807) is 28.7 Å². The third kappa shape index (κ3) is 17.2. The molecule has 121 heavy (non-hydrogen) atoms. The van der Waals surface area contributed by atoms with Crippen LogP contribution in [0.2, 0.25) is 5.02 Å². The van der Waals surface area contributed by atoms with Crippen LogP contribution in [-0.4, -0.2) is 0 Å². The first-order valence-electron chi connectivity index (χ1n) is 46.1. The number of benzene rings is 12. The molecule has 2 nitrogen and oxygen atoms in total. The molecule has 0 aliphatic heterocycles. The van der Waals surface area contributed by atoms with Crippen LogP contribution in [0.4, 0.5) is 28.4 Å². The number of anilines is 5. The Kier molecular flexibility index (Phi) is 25.6. The van der Waals surface area contributed by atoms with Crippen molar-refractivity contribution in [1.82, 2.24) is 0 Å². The van der Waals surface area contributed by atoms with E-state index in [1.807, 2.05) is 26.0 Å². The second kappa shape index (κ2) is 36.8. The van der Waals surface area contributed by atoms with Gasteiger partial charge in [-0.3, -0.25) is 0 Å². The fourth-order valence-electron chi connectivity index (χ4n) is 28.2. The summed E-state index contributed by atoms with van der Waals surface area (Å²) < 4.78 is 0. The lowest BCUT2D eigenvalue weighted by molar-refractivity contribution is -0.00291. The van der Waals surface area contributed by atoms with Crippen LogP contribution in [0.5, 0.6) is 0 Å². The maximum absolute atomic E-state index is 6.65. The van der Waals surface area contributed by atoms with Gasteiger partial charge in [0.25, 0.3) is 0 Å². The molecule has 16 fully saturated rings. The molecule has 0 radical (unpaired) electrons. The van der Waals surface area contributed by atoms with Crippen LogP contribution in [0.3, 0.4) is 0 Å². The molecule has 1 unspecified atom stereocenters. The van der Waals surface area contributed by atoms with E-state index in [1.165, 1.54) is 206 Å². The predicted molar refractivity (Wildman–Crippen MR) is 523 cm³/mol. The highest BCUT2D eigenvalue weighted by Gasteiger charge is 2.53. The number of hydrogen-bond donors (Lipinski definition) is 1. The molecule has 1 N–H and O–H groups in total. The van der Waals surface area contributed by atoms with E-state index in [9.17, 15) is 0 Å². The summed E-state index contributed by atoms with van der Waals surface area (Å²) in [6.07, 6.45) is 29.6. The van der Waals surface area contributed by atoms with Crippen molar-refractivity contribution in [3.05, 3.63) is 331 Å². The maximum Gasteiger partial charge on any atom is 0.0464 e. The summed E-state index contributed by atoms with van der Waals surface area (Å²) in [7, 11) is 0. The Labute approximate surface area is 735 Å². The minimum atomic E-state index is 0. The van der Waals surface area contributed by atoms with Gasteiger partial charge in [-0.25, -0.2) is 0 Å². The van der Waals surface area contributed by atoms with Gasteiger partial charge in [-0.1, -0.05) is 278 Å². The van der Waals surface area contributed by atoms with Crippen LogP contribution in [-0.2, 0) is 0 Å². The monoisotopic (exact) mass is 1630 g/mol. The molecule has 622 valence electrons. The Bertz CT molecular complexity index is 5130. The average Bonchev–Trinajstić information content (AvgIpc) is 0.755. The van der Waals surface area contributed by atoms with Gasteiger partial charge in [0.15, 0.2) is 0 Å². The SMILES string of the molecule is C.C.C.CC.Clc1ccc(-c2cccc(C3C4CC5CC(C4)CC3C5)c2)c(C2C3CC4CC(C3)CC2C4)c1.P.c1ccc(-c2ccc(N(c3ccc(-c4ccccc4)cc3)c3ccc(-c4cccc(C5C6CC7CC(C6)CC5C7)c4)c(C4C5CC6CC(C5)CC4C6)c3)cc2)cc1.c1ccc(-c2ccc(Nc3ccc(-c4ccccc4)cc3)cc2)cc1. The van der Waals surface area contributed by atoms with Gasteiger partial charge in [-0.05, 0) is 409 Å². The third-order valence-electron chi connectivity index (χ3n) is 31.8. The van der Waals surface area contributed by atoms with E-state index in [0.29, 0.717) is 5.92 Å². The second-order valence-corrected chi connectivity index (χ2v) is 39.2. The maximum atomic E-state index is 6.65. The lowest BCUT2D eigenvalue weighted by Crippen LogP contribution is -2.44. The number of hydrogen-bond acceptors (Lipinski definition) is 2. The van der Waals surface area contributed by atoms with E-state index >= 15 is 0 Å². The van der Waals surface area contributed by atoms with Gasteiger partial charge in [0.1, 0.15) is 0 Å². The molecule has 16 aliphatic rings. The zero-order valence-electron chi connectivity index (χ0n) is 69.6. The van der Waals surface area contributed by atoms with E-state index in [2.05, 4.69) is 301 Å². The molecule has 0 spiro atoms. The van der Waals surface area contributed by atoms with Crippen molar-refractivity contribution >= 4 is 49.9 Å². The van der Waals surface area contributed by atoms with Crippen molar-refractivity contribution in [2.24, 2.45) is 94.7 Å². The van der Waals surface area contributed by atoms with Crippen LogP contribution < -0.4 is 10.2 Å². The Morgan fingerprint density at radius 1 is 0.231 bits per heavy atom. The summed E-state index contributed by atoms with van der Waals surface area (Å²) in [5, 5.41) is 4.39. The van der Waals surface area contributed by atoms with Gasteiger partial charge in [0.05, 0.1) is 0 Å². The molecule has 0 amide bonds. The molecular formula is C117H132ClN2P. The highest BCUT2D eigenvalue weighted by atomic mass is 35.5. The van der Waals surface area contributed by atoms with Gasteiger partial charge >= 0.3 is 0 Å². The highest BCUT2D eigenvalue weighted by molar-refractivity contribution is 6.92. The number of nitrogens with zero attached hydrogens (tertiary/aromatic N) is 1. The van der Waals surface area contributed by atoms with E-state index in [-0.39, 0.29) is 32.2 Å². The Balaban J connectivity index is 0.000000138. The quantitative estimate of drug-likeness (QED) is 0.103. The van der Waals surface area contributed by atoms with E-state index in [4.69, 9.17) is 11.6 Å². The molecule has 28 rings (SSSR count). The van der Waals surface area contributed by atoms with Crippen LogP contribution in [0.15, 0.2) is 303 Å². The molecule has 0 aromatic heterocycles. The zero-order valence-corrected chi connectivity index (χ0v) is 71.8. The van der Waals surface area contributed by atoms with Crippen molar-refractivity contribution in [1.29, 1.82) is 0 Å². The van der Waals surface area contributed by atoms with Gasteiger partial charge in [-0.2, -0.15) is 9.90 Å². The molecular weight excluding hydrogens is 1500 g/mol. The molecule has 0 heterocycles. The molecule has 4 heteroatoms. The van der Waals surface area contributed by atoms with Gasteiger partial charge in [0, 0.05) is 33.5 Å². The fourth-order valence-corrected chi connectivity index (χ4v) is 28.3. The topological polar surface area (TPSA) is 15.3 Å². The molecule has 1 atom stereocenters. The summed E-state index contributed by atoms with van der Waals surface area (Å²) >= 11 is 6.65. The van der Waals surface area contributed by atoms with E-state index in [0.717, 1.165) is 129 Å². The van der Waals surface area contributed by atoms with Crippen LogP contribution >= 0.6 is 21.5 Å². The van der Waals surface area contributed by atoms with Crippen molar-refractivity contribution in [3.63, 3.8) is 0 Å². The molecule has 0 saturated heterocycles. The molecule has 16 saturated carbocycles. The second-order valence-electron chi connectivity index (χ2n) is 38.8. The first-order valence-corrected chi connectivity index (χ1v) is 46.4.